The molecule has 3 heterocycles. The average molecular weight is 660 g/mol. The Hall–Kier alpha value is -3.56. The zero-order valence-electron chi connectivity index (χ0n) is 28.4. The Morgan fingerprint density at radius 3 is 2.30 bits per heavy atom. The van der Waals surface area contributed by atoms with Crippen LogP contribution in [0.1, 0.15) is 53.0 Å². The lowest BCUT2D eigenvalue weighted by atomic mass is 9.66. The van der Waals surface area contributed by atoms with Crippen molar-refractivity contribution in [1.29, 1.82) is 0 Å². The van der Waals surface area contributed by atoms with Gasteiger partial charge >= 0.3 is 0 Å². The molecule has 9 heteroatoms. The SMILES string of the molecule is C=CCN(C(=O)[C@@H]1[C@H]2C(=O)N([C@@H](CO)Cc3ccccc3)C(C(=O)N(CC=C)C(C)(C)C)C23CC[C@@]1(C)S3)c1ccc(OCC)cc1. The van der Waals surface area contributed by atoms with Gasteiger partial charge in [0.1, 0.15) is 11.8 Å². The average Bonchev–Trinajstić information content (AvgIpc) is 3.62. The highest BCUT2D eigenvalue weighted by atomic mass is 32.2. The Morgan fingerprint density at radius 1 is 1.06 bits per heavy atom. The van der Waals surface area contributed by atoms with Crippen molar-refractivity contribution < 1.29 is 24.2 Å². The molecule has 47 heavy (non-hydrogen) atoms. The number of anilines is 1. The van der Waals surface area contributed by atoms with Crippen LogP contribution in [0.4, 0.5) is 5.69 Å². The summed E-state index contributed by atoms with van der Waals surface area (Å²) < 4.78 is 4.26. The third kappa shape index (κ3) is 6.13. The van der Waals surface area contributed by atoms with Gasteiger partial charge in [-0.2, -0.15) is 0 Å². The van der Waals surface area contributed by atoms with Crippen molar-refractivity contribution in [3.8, 4) is 5.75 Å². The number of amides is 3. The number of likely N-dealkylation sites (tertiary alicyclic amines) is 1. The molecule has 2 aromatic rings. The van der Waals surface area contributed by atoms with E-state index in [0.29, 0.717) is 43.9 Å². The van der Waals surface area contributed by atoms with E-state index in [2.05, 4.69) is 20.1 Å². The van der Waals surface area contributed by atoms with Gasteiger partial charge in [0.05, 0.1) is 35.8 Å². The van der Waals surface area contributed by atoms with Gasteiger partial charge in [-0.1, -0.05) is 42.5 Å². The van der Waals surface area contributed by atoms with Gasteiger partial charge in [0.25, 0.3) is 0 Å². The summed E-state index contributed by atoms with van der Waals surface area (Å²) in [6.07, 6.45) is 5.12. The van der Waals surface area contributed by atoms with E-state index in [1.165, 1.54) is 0 Å². The van der Waals surface area contributed by atoms with Gasteiger partial charge in [0.2, 0.25) is 17.7 Å². The number of ether oxygens (including phenoxy) is 1. The van der Waals surface area contributed by atoms with E-state index in [1.807, 2.05) is 82.3 Å². The predicted octanol–water partition coefficient (Wildman–Crippen LogP) is 5.50. The maximum atomic E-state index is 15.0. The highest BCUT2D eigenvalue weighted by molar-refractivity contribution is 8.02. The molecule has 5 rings (SSSR count). The van der Waals surface area contributed by atoms with E-state index < -0.39 is 39.0 Å². The van der Waals surface area contributed by atoms with E-state index in [0.717, 1.165) is 5.56 Å². The van der Waals surface area contributed by atoms with Crippen LogP contribution in [0.25, 0.3) is 0 Å². The predicted molar refractivity (Wildman–Crippen MR) is 188 cm³/mol. The van der Waals surface area contributed by atoms with Gasteiger partial charge in [0.15, 0.2) is 0 Å². The zero-order chi connectivity index (χ0) is 34.1. The molecule has 252 valence electrons. The first-order valence-corrected chi connectivity index (χ1v) is 17.4. The second-order valence-electron chi connectivity index (χ2n) is 14.1. The quantitative estimate of drug-likeness (QED) is 0.286. The number of aliphatic hydroxyl groups excluding tert-OH is 1. The fourth-order valence-corrected chi connectivity index (χ4v) is 10.4. The van der Waals surface area contributed by atoms with Gasteiger partial charge in [-0.15, -0.1) is 24.9 Å². The number of hydrogen-bond donors (Lipinski definition) is 1. The van der Waals surface area contributed by atoms with E-state index >= 15 is 4.79 Å². The number of aliphatic hydroxyl groups is 1. The normalized spacial score (nSPS) is 26.9. The highest BCUT2D eigenvalue weighted by Gasteiger charge is 2.78. The molecule has 3 amide bonds. The number of thioether (sulfide) groups is 1. The molecule has 2 bridgehead atoms. The molecule has 6 atom stereocenters. The number of carbonyl (C=O) groups is 3. The molecule has 0 aromatic heterocycles. The molecule has 0 radical (unpaired) electrons. The van der Waals surface area contributed by atoms with Crippen LogP contribution in [-0.4, -0.2) is 86.0 Å². The lowest BCUT2D eigenvalue weighted by molar-refractivity contribution is -0.148. The number of rotatable bonds is 13. The topological polar surface area (TPSA) is 90.4 Å². The second-order valence-corrected chi connectivity index (χ2v) is 16.0. The van der Waals surface area contributed by atoms with Crippen LogP contribution in [-0.2, 0) is 20.8 Å². The largest absolute Gasteiger partial charge is 0.494 e. The maximum absolute atomic E-state index is 15.0. The first-order valence-electron chi connectivity index (χ1n) is 16.6. The first-order chi connectivity index (χ1) is 22.4. The summed E-state index contributed by atoms with van der Waals surface area (Å²) in [5.74, 6) is -1.23. The van der Waals surface area contributed by atoms with Crippen molar-refractivity contribution in [2.24, 2.45) is 11.8 Å². The number of fused-ring (bicyclic) bond motifs is 1. The van der Waals surface area contributed by atoms with E-state index in [-0.39, 0.29) is 30.9 Å². The summed E-state index contributed by atoms with van der Waals surface area (Å²) in [6, 6.07) is 15.6. The molecule has 3 fully saturated rings. The van der Waals surface area contributed by atoms with Crippen LogP contribution in [0.5, 0.6) is 5.75 Å². The minimum absolute atomic E-state index is 0.153. The van der Waals surface area contributed by atoms with Crippen molar-refractivity contribution >= 4 is 35.2 Å². The Balaban J connectivity index is 1.61. The molecule has 3 saturated heterocycles. The fourth-order valence-electron chi connectivity index (χ4n) is 8.03. The number of carbonyl (C=O) groups excluding carboxylic acids is 3. The van der Waals surface area contributed by atoms with Crippen LogP contribution in [0.3, 0.4) is 0 Å². The van der Waals surface area contributed by atoms with E-state index in [1.54, 1.807) is 38.6 Å². The summed E-state index contributed by atoms with van der Waals surface area (Å²) in [6.45, 7) is 18.6. The molecule has 3 aliphatic rings. The van der Waals surface area contributed by atoms with Crippen LogP contribution < -0.4 is 9.64 Å². The van der Waals surface area contributed by atoms with Crippen molar-refractivity contribution in [2.45, 2.75) is 81.0 Å². The van der Waals surface area contributed by atoms with Crippen molar-refractivity contribution in [1.82, 2.24) is 9.80 Å². The van der Waals surface area contributed by atoms with Gasteiger partial charge in [-0.25, -0.2) is 0 Å². The summed E-state index contributed by atoms with van der Waals surface area (Å²) >= 11 is 1.64. The van der Waals surface area contributed by atoms with Gasteiger partial charge < -0.3 is 24.5 Å². The monoisotopic (exact) mass is 659 g/mol. The van der Waals surface area contributed by atoms with Crippen molar-refractivity contribution in [3.05, 3.63) is 85.5 Å². The van der Waals surface area contributed by atoms with Crippen LogP contribution >= 0.6 is 11.8 Å². The van der Waals surface area contributed by atoms with Gasteiger partial charge in [-0.05, 0) is 83.7 Å². The van der Waals surface area contributed by atoms with Crippen molar-refractivity contribution in [2.75, 3.05) is 31.2 Å². The Kier molecular flexibility index (Phi) is 10.00. The second kappa shape index (κ2) is 13.5. The highest BCUT2D eigenvalue weighted by Crippen LogP contribution is 2.72. The Bertz CT molecular complexity index is 1490. The van der Waals surface area contributed by atoms with Gasteiger partial charge in [0, 0.05) is 29.1 Å². The van der Waals surface area contributed by atoms with Crippen LogP contribution in [0.2, 0.25) is 0 Å². The van der Waals surface area contributed by atoms with E-state index in [9.17, 15) is 14.7 Å². The smallest absolute Gasteiger partial charge is 0.247 e. The minimum Gasteiger partial charge on any atom is -0.494 e. The molecule has 8 nitrogen and oxygen atoms in total. The summed E-state index contributed by atoms with van der Waals surface area (Å²) in [7, 11) is 0. The van der Waals surface area contributed by atoms with Crippen LogP contribution in [0.15, 0.2) is 79.9 Å². The lowest BCUT2D eigenvalue weighted by Crippen LogP contribution is -2.61. The Labute approximate surface area is 283 Å². The molecular weight excluding hydrogens is 611 g/mol. The minimum atomic E-state index is -0.844. The van der Waals surface area contributed by atoms with Crippen molar-refractivity contribution in [3.63, 3.8) is 0 Å². The number of hydrogen-bond acceptors (Lipinski definition) is 6. The summed E-state index contributed by atoms with van der Waals surface area (Å²) in [4.78, 5) is 49.9. The molecule has 0 saturated carbocycles. The first kappa shape index (κ1) is 34.8. The van der Waals surface area contributed by atoms with Crippen LogP contribution in [0, 0.1) is 11.8 Å². The Morgan fingerprint density at radius 2 is 1.72 bits per heavy atom. The maximum Gasteiger partial charge on any atom is 0.247 e. The lowest BCUT2D eigenvalue weighted by Gasteiger charge is -2.43. The number of benzene rings is 2. The molecule has 0 aliphatic carbocycles. The number of nitrogens with zero attached hydrogens (tertiary/aromatic N) is 3. The third-order valence-electron chi connectivity index (χ3n) is 10.1. The molecule has 1 spiro atoms. The zero-order valence-corrected chi connectivity index (χ0v) is 29.2. The summed E-state index contributed by atoms with van der Waals surface area (Å²) in [5.41, 5.74) is 1.11. The third-order valence-corrected chi connectivity index (χ3v) is 12.0. The van der Waals surface area contributed by atoms with Gasteiger partial charge in [-0.3, -0.25) is 14.4 Å². The molecule has 1 N–H and O–H groups in total. The fraction of sp³-hybridized carbons (Fsp3) is 0.500. The molecular formula is C38H49N3O5S. The summed E-state index contributed by atoms with van der Waals surface area (Å²) in [5, 5.41) is 10.9. The van der Waals surface area contributed by atoms with E-state index in [4.69, 9.17) is 4.74 Å². The molecule has 2 unspecified atom stereocenters. The molecule has 3 aliphatic heterocycles. The molecule has 2 aromatic carbocycles. The standard InChI is InChI=1S/C38H49N3O5S/c1-8-22-39(27-16-18-29(19-17-27)46-10-3)33(43)30-31-34(44)41(28(25-42)24-26-14-12-11-13-15-26)32(38(31)21-20-37(30,7)47-38)35(45)40(23-9-2)36(4,5)6/h8-9,11-19,28,30-32,42H,1-2,10,20-25H2,3-7H3/t28-,30+,31+,32?,37-,38?/m1/s1.